The normalized spacial score (nSPS) is 15.1. The number of ether oxygens (including phenoxy) is 1. The first-order chi connectivity index (χ1) is 14.0. The summed E-state index contributed by atoms with van der Waals surface area (Å²) < 4.78 is 6.69. The topological polar surface area (TPSA) is 58.6 Å². The Kier molecular flexibility index (Phi) is 7.46. The number of carbonyl (C=O) groups is 2. The Balaban J connectivity index is 1.60. The smallest absolute Gasteiger partial charge is 0.266 e. The van der Waals surface area contributed by atoms with Gasteiger partial charge in [0.1, 0.15) is 10.1 Å². The standard InChI is InChI=1S/C21H19BrN2O3S2/c1-2-27-15-9-7-14(8-10-15)13-18-20(26)24(21(28)29-18)12-11-19(25)23-17-6-4-3-5-16(17)22/h3-10,13H,2,11-12H2,1H3,(H,23,25). The van der Waals surface area contributed by atoms with Gasteiger partial charge in [-0.1, -0.05) is 48.2 Å². The number of rotatable bonds is 7. The Hall–Kier alpha value is -2.16. The molecule has 5 nitrogen and oxygen atoms in total. The lowest BCUT2D eigenvalue weighted by molar-refractivity contribution is -0.122. The first-order valence-corrected chi connectivity index (χ1v) is 11.0. The van der Waals surface area contributed by atoms with Crippen LogP contribution < -0.4 is 10.1 Å². The van der Waals surface area contributed by atoms with E-state index in [0.29, 0.717) is 21.5 Å². The van der Waals surface area contributed by atoms with Gasteiger partial charge in [0, 0.05) is 17.4 Å². The molecule has 150 valence electrons. The number of nitrogens with zero attached hydrogens (tertiary/aromatic N) is 1. The van der Waals surface area contributed by atoms with Gasteiger partial charge < -0.3 is 10.1 Å². The van der Waals surface area contributed by atoms with E-state index in [-0.39, 0.29) is 24.8 Å². The fourth-order valence-electron chi connectivity index (χ4n) is 2.66. The molecule has 2 aromatic carbocycles. The third kappa shape index (κ3) is 5.68. The van der Waals surface area contributed by atoms with Gasteiger partial charge in [-0.05, 0) is 58.8 Å². The molecule has 0 atom stereocenters. The fraction of sp³-hybridized carbons (Fsp3) is 0.190. The molecular weight excluding hydrogens is 472 g/mol. The molecule has 0 saturated carbocycles. The number of para-hydroxylation sites is 1. The minimum atomic E-state index is -0.179. The minimum Gasteiger partial charge on any atom is -0.494 e. The second-order valence-corrected chi connectivity index (χ2v) is 8.64. The van der Waals surface area contributed by atoms with Gasteiger partial charge in [-0.2, -0.15) is 0 Å². The summed E-state index contributed by atoms with van der Waals surface area (Å²) in [7, 11) is 0. The van der Waals surface area contributed by atoms with Crippen molar-refractivity contribution in [1.82, 2.24) is 4.90 Å². The maximum Gasteiger partial charge on any atom is 0.266 e. The fourth-order valence-corrected chi connectivity index (χ4v) is 4.35. The first-order valence-electron chi connectivity index (χ1n) is 9.00. The van der Waals surface area contributed by atoms with Crippen LogP contribution in [-0.4, -0.2) is 34.2 Å². The van der Waals surface area contributed by atoms with E-state index >= 15 is 0 Å². The highest BCUT2D eigenvalue weighted by atomic mass is 79.9. The molecule has 0 radical (unpaired) electrons. The lowest BCUT2D eigenvalue weighted by atomic mass is 10.2. The molecule has 1 aliphatic heterocycles. The molecule has 0 aliphatic carbocycles. The predicted molar refractivity (Wildman–Crippen MR) is 125 cm³/mol. The van der Waals surface area contributed by atoms with E-state index in [2.05, 4.69) is 21.2 Å². The van der Waals surface area contributed by atoms with Crippen molar-refractivity contribution in [1.29, 1.82) is 0 Å². The van der Waals surface area contributed by atoms with E-state index in [4.69, 9.17) is 17.0 Å². The maximum atomic E-state index is 12.7. The number of hydrogen-bond acceptors (Lipinski definition) is 5. The van der Waals surface area contributed by atoms with Gasteiger partial charge in [-0.15, -0.1) is 0 Å². The summed E-state index contributed by atoms with van der Waals surface area (Å²) in [6.07, 6.45) is 1.96. The van der Waals surface area contributed by atoms with Crippen molar-refractivity contribution in [3.8, 4) is 5.75 Å². The van der Waals surface area contributed by atoms with E-state index in [1.807, 2.05) is 49.4 Å². The van der Waals surface area contributed by atoms with Crippen molar-refractivity contribution in [2.45, 2.75) is 13.3 Å². The summed E-state index contributed by atoms with van der Waals surface area (Å²) in [5, 5.41) is 2.83. The molecule has 1 fully saturated rings. The van der Waals surface area contributed by atoms with E-state index in [9.17, 15) is 9.59 Å². The van der Waals surface area contributed by atoms with Gasteiger partial charge in [0.2, 0.25) is 5.91 Å². The Bertz CT molecular complexity index is 961. The van der Waals surface area contributed by atoms with Gasteiger partial charge in [0.25, 0.3) is 5.91 Å². The third-order valence-corrected chi connectivity index (χ3v) is 6.14. The molecule has 2 aromatic rings. The van der Waals surface area contributed by atoms with Gasteiger partial charge in [0.05, 0.1) is 17.2 Å². The number of thiocarbonyl (C=S) groups is 1. The molecule has 1 saturated heterocycles. The molecule has 0 spiro atoms. The summed E-state index contributed by atoms with van der Waals surface area (Å²) in [5.41, 5.74) is 1.58. The molecule has 0 bridgehead atoms. The van der Waals surface area contributed by atoms with Crippen LogP contribution in [0.15, 0.2) is 57.9 Å². The quantitative estimate of drug-likeness (QED) is 0.433. The minimum absolute atomic E-state index is 0.157. The first kappa shape index (κ1) is 21.5. The third-order valence-electron chi connectivity index (χ3n) is 4.07. The molecule has 2 amide bonds. The largest absolute Gasteiger partial charge is 0.494 e. The Morgan fingerprint density at radius 2 is 1.97 bits per heavy atom. The van der Waals surface area contributed by atoms with Crippen LogP contribution in [0.2, 0.25) is 0 Å². The Morgan fingerprint density at radius 1 is 1.24 bits per heavy atom. The zero-order chi connectivity index (χ0) is 20.8. The summed E-state index contributed by atoms with van der Waals surface area (Å²) in [4.78, 5) is 27.0. The van der Waals surface area contributed by atoms with Crippen molar-refractivity contribution in [2.24, 2.45) is 0 Å². The molecule has 1 aliphatic rings. The summed E-state index contributed by atoms with van der Waals surface area (Å²) in [6, 6.07) is 14.9. The van der Waals surface area contributed by atoms with E-state index in [1.54, 1.807) is 12.1 Å². The predicted octanol–water partition coefficient (Wildman–Crippen LogP) is 5.08. The number of thioether (sulfide) groups is 1. The van der Waals surface area contributed by atoms with Crippen molar-refractivity contribution in [2.75, 3.05) is 18.5 Å². The molecule has 0 aromatic heterocycles. The van der Waals surface area contributed by atoms with Crippen LogP contribution in [0.1, 0.15) is 18.9 Å². The zero-order valence-electron chi connectivity index (χ0n) is 15.7. The van der Waals surface area contributed by atoms with Crippen LogP contribution in [0.3, 0.4) is 0 Å². The van der Waals surface area contributed by atoms with Gasteiger partial charge in [0.15, 0.2) is 0 Å². The molecule has 8 heteroatoms. The van der Waals surface area contributed by atoms with Crippen molar-refractivity contribution < 1.29 is 14.3 Å². The zero-order valence-corrected chi connectivity index (χ0v) is 18.9. The molecule has 0 unspecified atom stereocenters. The second-order valence-electron chi connectivity index (χ2n) is 6.11. The highest BCUT2D eigenvalue weighted by molar-refractivity contribution is 9.10. The summed E-state index contributed by atoms with van der Waals surface area (Å²) in [5.74, 6) is 0.428. The van der Waals surface area contributed by atoms with Gasteiger partial charge in [-0.25, -0.2) is 0 Å². The van der Waals surface area contributed by atoms with Crippen LogP contribution in [0.25, 0.3) is 6.08 Å². The van der Waals surface area contributed by atoms with Crippen LogP contribution >= 0.6 is 39.9 Å². The Morgan fingerprint density at radius 3 is 2.66 bits per heavy atom. The summed E-state index contributed by atoms with van der Waals surface area (Å²) in [6.45, 7) is 2.77. The number of hydrogen-bond donors (Lipinski definition) is 1. The summed E-state index contributed by atoms with van der Waals surface area (Å²) >= 11 is 9.98. The number of halogens is 1. The van der Waals surface area contributed by atoms with Crippen LogP contribution in [0, 0.1) is 0 Å². The van der Waals surface area contributed by atoms with E-state index < -0.39 is 0 Å². The average molecular weight is 491 g/mol. The van der Waals surface area contributed by atoms with E-state index in [1.165, 1.54) is 16.7 Å². The molecule has 1 heterocycles. The average Bonchev–Trinajstić information content (AvgIpc) is 2.96. The maximum absolute atomic E-state index is 12.7. The molecule has 29 heavy (non-hydrogen) atoms. The lowest BCUT2D eigenvalue weighted by Gasteiger charge is -2.14. The highest BCUT2D eigenvalue weighted by Gasteiger charge is 2.32. The Labute approximate surface area is 187 Å². The highest BCUT2D eigenvalue weighted by Crippen LogP contribution is 2.33. The second kappa shape index (κ2) is 10.0. The molecule has 1 N–H and O–H groups in total. The number of anilines is 1. The molecule has 3 rings (SSSR count). The van der Waals surface area contributed by atoms with Crippen molar-refractivity contribution in [3.05, 3.63) is 63.5 Å². The lowest BCUT2D eigenvalue weighted by Crippen LogP contribution is -2.31. The van der Waals surface area contributed by atoms with Crippen molar-refractivity contribution in [3.63, 3.8) is 0 Å². The van der Waals surface area contributed by atoms with Gasteiger partial charge in [-0.3, -0.25) is 14.5 Å². The number of benzene rings is 2. The van der Waals surface area contributed by atoms with Crippen LogP contribution in [0.5, 0.6) is 5.75 Å². The van der Waals surface area contributed by atoms with E-state index in [0.717, 1.165) is 15.8 Å². The van der Waals surface area contributed by atoms with Crippen molar-refractivity contribution >= 4 is 67.8 Å². The van der Waals surface area contributed by atoms with Crippen LogP contribution in [-0.2, 0) is 9.59 Å². The van der Waals surface area contributed by atoms with Crippen LogP contribution in [0.4, 0.5) is 5.69 Å². The van der Waals surface area contributed by atoms with Gasteiger partial charge >= 0.3 is 0 Å². The number of nitrogens with one attached hydrogen (secondary N) is 1. The monoisotopic (exact) mass is 490 g/mol. The number of amides is 2. The SMILES string of the molecule is CCOc1ccc(C=C2SC(=S)N(CCC(=O)Nc3ccccc3Br)C2=O)cc1. The number of carbonyl (C=O) groups excluding carboxylic acids is 2. The molecular formula is C21H19BrN2O3S2.